The van der Waals surface area contributed by atoms with Gasteiger partial charge in [-0.2, -0.15) is 11.3 Å². The molecule has 15 heavy (non-hydrogen) atoms. The molecular weight excluding hydrogens is 272 g/mol. The molecule has 1 N–H and O–H groups in total. The monoisotopic (exact) mass is 282 g/mol. The maximum absolute atomic E-state index is 4.40. The van der Waals surface area contributed by atoms with Gasteiger partial charge in [0.15, 0.2) is 0 Å². The zero-order valence-corrected chi connectivity index (χ0v) is 10.7. The van der Waals surface area contributed by atoms with Crippen molar-refractivity contribution in [1.29, 1.82) is 0 Å². The van der Waals surface area contributed by atoms with Gasteiger partial charge >= 0.3 is 0 Å². The van der Waals surface area contributed by atoms with E-state index in [4.69, 9.17) is 0 Å². The number of hydrogen-bond acceptors (Lipinski definition) is 3. The number of hydrogen-bond donors (Lipinski definition) is 1. The van der Waals surface area contributed by atoms with Crippen molar-refractivity contribution in [3.05, 3.63) is 50.9 Å². The molecule has 4 heteroatoms. The van der Waals surface area contributed by atoms with Crippen LogP contribution in [0.15, 0.2) is 39.6 Å². The van der Waals surface area contributed by atoms with Gasteiger partial charge in [-0.3, -0.25) is 4.98 Å². The van der Waals surface area contributed by atoms with Crippen molar-refractivity contribution in [1.82, 2.24) is 10.3 Å². The minimum atomic E-state index is 0.185. The zero-order valence-electron chi connectivity index (χ0n) is 8.27. The lowest BCUT2D eigenvalue weighted by molar-refractivity contribution is 0.673. The first kappa shape index (κ1) is 10.8. The van der Waals surface area contributed by atoms with Gasteiger partial charge in [-0.05, 0) is 57.5 Å². The van der Waals surface area contributed by atoms with Crippen molar-refractivity contribution in [2.45, 2.75) is 6.04 Å². The van der Waals surface area contributed by atoms with E-state index < -0.39 is 0 Å². The van der Waals surface area contributed by atoms with Crippen LogP contribution in [0.4, 0.5) is 0 Å². The van der Waals surface area contributed by atoms with Crippen molar-refractivity contribution >= 4 is 27.3 Å². The van der Waals surface area contributed by atoms with Crippen LogP contribution in [0.25, 0.3) is 0 Å². The summed E-state index contributed by atoms with van der Waals surface area (Å²) < 4.78 is 1.01. The summed E-state index contributed by atoms with van der Waals surface area (Å²) in [6, 6.07) is 6.35. The van der Waals surface area contributed by atoms with Crippen LogP contribution in [0.1, 0.15) is 17.3 Å². The van der Waals surface area contributed by atoms with Gasteiger partial charge in [0, 0.05) is 10.7 Å². The average Bonchev–Trinajstić information content (AvgIpc) is 2.75. The van der Waals surface area contributed by atoms with E-state index >= 15 is 0 Å². The van der Waals surface area contributed by atoms with Crippen LogP contribution in [-0.2, 0) is 0 Å². The first-order valence-electron chi connectivity index (χ1n) is 4.62. The fraction of sp³-hybridized carbons (Fsp3) is 0.182. The minimum Gasteiger partial charge on any atom is -0.308 e. The van der Waals surface area contributed by atoms with Gasteiger partial charge in [0.05, 0.1) is 11.7 Å². The standard InChI is InChI=1S/C11H11BrN2S/c1-13-11(8-4-5-15-7-8)10-3-2-9(12)6-14-10/h2-7,11,13H,1H3. The highest BCUT2D eigenvalue weighted by molar-refractivity contribution is 9.10. The summed E-state index contributed by atoms with van der Waals surface area (Å²) in [5, 5.41) is 7.49. The van der Waals surface area contributed by atoms with Gasteiger partial charge in [0.25, 0.3) is 0 Å². The Hall–Kier alpha value is -0.710. The number of nitrogens with one attached hydrogen (secondary N) is 1. The molecule has 0 aliphatic carbocycles. The quantitative estimate of drug-likeness (QED) is 0.935. The Bertz CT molecular complexity index is 411. The third-order valence-corrected chi connectivity index (χ3v) is 3.38. The Labute approximate surface area is 101 Å². The average molecular weight is 283 g/mol. The molecule has 0 spiro atoms. The number of halogens is 1. The van der Waals surface area contributed by atoms with E-state index in [9.17, 15) is 0 Å². The van der Waals surface area contributed by atoms with Gasteiger partial charge in [-0.1, -0.05) is 0 Å². The molecule has 78 valence electrons. The van der Waals surface area contributed by atoms with E-state index in [1.165, 1.54) is 5.56 Å². The molecule has 0 saturated heterocycles. The smallest absolute Gasteiger partial charge is 0.0757 e. The molecule has 2 heterocycles. The summed E-state index contributed by atoms with van der Waals surface area (Å²) in [5.74, 6) is 0. The van der Waals surface area contributed by atoms with Crippen molar-refractivity contribution < 1.29 is 0 Å². The lowest BCUT2D eigenvalue weighted by Crippen LogP contribution is -2.18. The molecule has 2 nitrogen and oxygen atoms in total. The van der Waals surface area contributed by atoms with Crippen LogP contribution >= 0.6 is 27.3 Å². The van der Waals surface area contributed by atoms with Crippen LogP contribution in [0, 0.1) is 0 Å². The summed E-state index contributed by atoms with van der Waals surface area (Å²) in [7, 11) is 1.95. The summed E-state index contributed by atoms with van der Waals surface area (Å²) in [4.78, 5) is 4.40. The fourth-order valence-electron chi connectivity index (χ4n) is 1.48. The molecule has 2 rings (SSSR count). The number of thiophene rings is 1. The first-order chi connectivity index (χ1) is 7.31. The number of aromatic nitrogens is 1. The first-order valence-corrected chi connectivity index (χ1v) is 6.35. The highest BCUT2D eigenvalue weighted by Gasteiger charge is 2.12. The largest absolute Gasteiger partial charge is 0.308 e. The van der Waals surface area contributed by atoms with Crippen molar-refractivity contribution in [2.75, 3.05) is 7.05 Å². The van der Waals surface area contributed by atoms with E-state index in [-0.39, 0.29) is 6.04 Å². The molecule has 0 radical (unpaired) electrons. The Morgan fingerprint density at radius 1 is 1.40 bits per heavy atom. The maximum atomic E-state index is 4.40. The molecular formula is C11H11BrN2S. The highest BCUT2D eigenvalue weighted by Crippen LogP contribution is 2.22. The summed E-state index contributed by atoms with van der Waals surface area (Å²) >= 11 is 5.09. The van der Waals surface area contributed by atoms with Gasteiger partial charge in [-0.15, -0.1) is 0 Å². The molecule has 0 fully saturated rings. The zero-order chi connectivity index (χ0) is 10.7. The predicted molar refractivity (Wildman–Crippen MR) is 67.2 cm³/mol. The van der Waals surface area contributed by atoms with Gasteiger partial charge in [0.2, 0.25) is 0 Å². The summed E-state index contributed by atoms with van der Waals surface area (Å²) in [5.41, 5.74) is 2.30. The SMILES string of the molecule is CNC(c1ccsc1)c1ccc(Br)cn1. The van der Waals surface area contributed by atoms with Crippen LogP contribution in [-0.4, -0.2) is 12.0 Å². The topological polar surface area (TPSA) is 24.9 Å². The molecule has 0 aliphatic rings. The van der Waals surface area contributed by atoms with E-state index in [1.807, 2.05) is 25.4 Å². The lowest BCUT2D eigenvalue weighted by Gasteiger charge is -2.14. The molecule has 0 saturated carbocycles. The normalized spacial score (nSPS) is 12.7. The van der Waals surface area contributed by atoms with Crippen LogP contribution in [0.3, 0.4) is 0 Å². The Kier molecular flexibility index (Phi) is 3.51. The number of pyridine rings is 1. The van der Waals surface area contributed by atoms with E-state index in [1.54, 1.807) is 11.3 Å². The summed E-state index contributed by atoms with van der Waals surface area (Å²) in [6.07, 6.45) is 1.83. The molecule has 1 atom stereocenters. The molecule has 0 bridgehead atoms. The van der Waals surface area contributed by atoms with Gasteiger partial charge < -0.3 is 5.32 Å². The molecule has 0 aliphatic heterocycles. The third kappa shape index (κ3) is 2.45. The maximum Gasteiger partial charge on any atom is 0.0757 e. The van der Waals surface area contributed by atoms with Crippen LogP contribution < -0.4 is 5.32 Å². The molecule has 1 unspecified atom stereocenters. The van der Waals surface area contributed by atoms with Crippen molar-refractivity contribution in [3.63, 3.8) is 0 Å². The third-order valence-electron chi connectivity index (χ3n) is 2.21. The molecule has 2 aromatic rings. The van der Waals surface area contributed by atoms with Gasteiger partial charge in [-0.25, -0.2) is 0 Å². The van der Waals surface area contributed by atoms with Crippen molar-refractivity contribution in [2.24, 2.45) is 0 Å². The van der Waals surface area contributed by atoms with Crippen molar-refractivity contribution in [3.8, 4) is 0 Å². The lowest BCUT2D eigenvalue weighted by atomic mass is 10.1. The van der Waals surface area contributed by atoms with Gasteiger partial charge in [0.1, 0.15) is 0 Å². The molecule has 0 aromatic carbocycles. The second-order valence-electron chi connectivity index (χ2n) is 3.18. The summed E-state index contributed by atoms with van der Waals surface area (Å²) in [6.45, 7) is 0. The second-order valence-corrected chi connectivity index (χ2v) is 4.88. The van der Waals surface area contributed by atoms with Crippen LogP contribution in [0.2, 0.25) is 0 Å². The second kappa shape index (κ2) is 4.88. The number of rotatable bonds is 3. The Balaban J connectivity index is 2.31. The van der Waals surface area contributed by atoms with E-state index in [0.717, 1.165) is 10.2 Å². The molecule has 2 aromatic heterocycles. The van der Waals surface area contributed by atoms with E-state index in [2.05, 4.69) is 43.1 Å². The fourth-order valence-corrected chi connectivity index (χ4v) is 2.40. The van der Waals surface area contributed by atoms with Crippen LogP contribution in [0.5, 0.6) is 0 Å². The molecule has 0 amide bonds. The Morgan fingerprint density at radius 3 is 2.80 bits per heavy atom. The number of nitrogens with zero attached hydrogens (tertiary/aromatic N) is 1. The van der Waals surface area contributed by atoms with E-state index in [0.29, 0.717) is 0 Å². The predicted octanol–water partition coefficient (Wildman–Crippen LogP) is 3.21. The highest BCUT2D eigenvalue weighted by atomic mass is 79.9. The minimum absolute atomic E-state index is 0.185. The Morgan fingerprint density at radius 2 is 2.27 bits per heavy atom.